The summed E-state index contributed by atoms with van der Waals surface area (Å²) in [6, 6.07) is 0. The molecule has 0 aromatic rings. The molecule has 1 aliphatic carbocycles. The molecule has 2 N–H and O–H groups in total. The molecule has 0 bridgehead atoms. The van der Waals surface area contributed by atoms with Crippen LogP contribution in [0.1, 0.15) is 58.8 Å². The predicted molar refractivity (Wildman–Crippen MR) is 80.2 cm³/mol. The van der Waals surface area contributed by atoms with E-state index in [1.54, 1.807) is 0 Å². The van der Waals surface area contributed by atoms with E-state index in [4.69, 9.17) is 10.5 Å². The first-order chi connectivity index (χ1) is 9.05. The minimum absolute atomic E-state index is 0.161. The van der Waals surface area contributed by atoms with E-state index in [-0.39, 0.29) is 5.54 Å². The summed E-state index contributed by atoms with van der Waals surface area (Å²) in [6.45, 7) is 6.36. The van der Waals surface area contributed by atoms with Crippen LogP contribution >= 0.6 is 0 Å². The van der Waals surface area contributed by atoms with Crippen LogP contribution in [0.25, 0.3) is 0 Å². The topological polar surface area (TPSA) is 38.5 Å². The van der Waals surface area contributed by atoms with Crippen molar-refractivity contribution in [2.24, 2.45) is 11.7 Å². The molecule has 3 nitrogen and oxygen atoms in total. The Labute approximate surface area is 118 Å². The van der Waals surface area contributed by atoms with Gasteiger partial charge in [0.1, 0.15) is 0 Å². The predicted octanol–water partition coefficient (Wildman–Crippen LogP) is 2.78. The number of hydrogen-bond acceptors (Lipinski definition) is 3. The average Bonchev–Trinajstić information content (AvgIpc) is 2.38. The van der Waals surface area contributed by atoms with Gasteiger partial charge < -0.3 is 10.5 Å². The Balaban J connectivity index is 1.98. The Bertz CT molecular complexity index is 266. The monoisotopic (exact) mass is 268 g/mol. The fourth-order valence-electron chi connectivity index (χ4n) is 4.23. The first kappa shape index (κ1) is 15.3. The number of nitrogens with zero attached hydrogens (tertiary/aromatic N) is 1. The highest BCUT2D eigenvalue weighted by Crippen LogP contribution is 2.34. The van der Waals surface area contributed by atoms with Gasteiger partial charge in [-0.1, -0.05) is 19.3 Å². The molecule has 0 radical (unpaired) electrons. The van der Waals surface area contributed by atoms with Crippen LogP contribution in [-0.2, 0) is 4.74 Å². The molecular weight excluding hydrogens is 236 g/mol. The van der Waals surface area contributed by atoms with Gasteiger partial charge in [0.25, 0.3) is 0 Å². The maximum absolute atomic E-state index is 6.17. The van der Waals surface area contributed by atoms with Crippen LogP contribution in [0.3, 0.4) is 0 Å². The zero-order chi connectivity index (χ0) is 13.9. The standard InChI is InChI=1S/C16H32N2O/c1-13-9-16(12-17,10-14(2)19-13)18(3)11-15-7-5-4-6-8-15/h13-15H,4-12,17H2,1-3H3. The number of ether oxygens (including phenoxy) is 1. The second kappa shape index (κ2) is 6.55. The third kappa shape index (κ3) is 3.71. The minimum atomic E-state index is 0.161. The fourth-order valence-corrected chi connectivity index (χ4v) is 4.23. The first-order valence-corrected chi connectivity index (χ1v) is 8.12. The zero-order valence-corrected chi connectivity index (χ0v) is 13.0. The summed E-state index contributed by atoms with van der Waals surface area (Å²) in [6.07, 6.45) is 9.92. The molecule has 1 saturated carbocycles. The van der Waals surface area contributed by atoms with Crippen molar-refractivity contribution in [1.29, 1.82) is 0 Å². The zero-order valence-electron chi connectivity index (χ0n) is 13.0. The molecule has 19 heavy (non-hydrogen) atoms. The Morgan fingerprint density at radius 2 is 1.68 bits per heavy atom. The summed E-state index contributed by atoms with van der Waals surface area (Å²) in [5.41, 5.74) is 6.33. The molecule has 0 aromatic carbocycles. The van der Waals surface area contributed by atoms with E-state index in [1.807, 2.05) is 0 Å². The van der Waals surface area contributed by atoms with E-state index >= 15 is 0 Å². The summed E-state index contributed by atoms with van der Waals surface area (Å²) in [5, 5.41) is 0. The lowest BCUT2D eigenvalue weighted by Gasteiger charge is -2.49. The van der Waals surface area contributed by atoms with Crippen molar-refractivity contribution in [3.63, 3.8) is 0 Å². The Morgan fingerprint density at radius 3 is 2.21 bits per heavy atom. The van der Waals surface area contributed by atoms with Crippen molar-refractivity contribution in [2.75, 3.05) is 20.1 Å². The lowest BCUT2D eigenvalue weighted by Crippen LogP contribution is -2.59. The summed E-state index contributed by atoms with van der Waals surface area (Å²) in [7, 11) is 2.28. The van der Waals surface area contributed by atoms with E-state index in [9.17, 15) is 0 Å². The molecule has 2 unspecified atom stereocenters. The second-order valence-corrected chi connectivity index (χ2v) is 6.98. The summed E-state index contributed by atoms with van der Waals surface area (Å²) in [5.74, 6) is 0.885. The van der Waals surface area contributed by atoms with E-state index in [2.05, 4.69) is 25.8 Å². The third-order valence-corrected chi connectivity index (χ3v) is 5.25. The lowest BCUT2D eigenvalue weighted by molar-refractivity contribution is -0.100. The molecular formula is C16H32N2O. The van der Waals surface area contributed by atoms with Gasteiger partial charge in [-0.2, -0.15) is 0 Å². The molecule has 1 saturated heterocycles. The molecule has 0 amide bonds. The van der Waals surface area contributed by atoms with Crippen molar-refractivity contribution < 1.29 is 4.74 Å². The molecule has 2 atom stereocenters. The molecule has 1 heterocycles. The van der Waals surface area contributed by atoms with E-state index < -0.39 is 0 Å². The lowest BCUT2D eigenvalue weighted by atomic mass is 9.81. The molecule has 0 spiro atoms. The van der Waals surface area contributed by atoms with Gasteiger partial charge in [-0.15, -0.1) is 0 Å². The SMILES string of the molecule is CC1CC(CN)(N(C)CC2CCCCC2)CC(C)O1. The van der Waals surface area contributed by atoms with Crippen molar-refractivity contribution in [2.45, 2.75) is 76.5 Å². The molecule has 0 aromatic heterocycles. The summed E-state index contributed by atoms with van der Waals surface area (Å²) >= 11 is 0. The molecule has 3 heteroatoms. The van der Waals surface area contributed by atoms with Gasteiger partial charge in [-0.25, -0.2) is 0 Å². The Hall–Kier alpha value is -0.120. The molecule has 2 rings (SSSR count). The van der Waals surface area contributed by atoms with Crippen LogP contribution in [0.15, 0.2) is 0 Å². The Morgan fingerprint density at radius 1 is 1.11 bits per heavy atom. The van der Waals surface area contributed by atoms with Gasteiger partial charge in [0.05, 0.1) is 12.2 Å². The minimum Gasteiger partial charge on any atom is -0.375 e. The van der Waals surface area contributed by atoms with Crippen LogP contribution < -0.4 is 5.73 Å². The van der Waals surface area contributed by atoms with Gasteiger partial charge in [0.2, 0.25) is 0 Å². The normalized spacial score (nSPS) is 37.7. The first-order valence-electron chi connectivity index (χ1n) is 8.12. The summed E-state index contributed by atoms with van der Waals surface area (Å²) in [4.78, 5) is 2.57. The smallest absolute Gasteiger partial charge is 0.0568 e. The van der Waals surface area contributed by atoms with E-state index in [1.165, 1.54) is 38.6 Å². The van der Waals surface area contributed by atoms with Gasteiger partial charge >= 0.3 is 0 Å². The number of likely N-dealkylation sites (N-methyl/N-ethyl adjacent to an activating group) is 1. The van der Waals surface area contributed by atoms with Crippen LogP contribution in [-0.4, -0.2) is 42.8 Å². The van der Waals surface area contributed by atoms with Gasteiger partial charge in [0, 0.05) is 18.6 Å². The highest BCUT2D eigenvalue weighted by molar-refractivity contribution is 4.97. The van der Waals surface area contributed by atoms with Crippen molar-refractivity contribution in [1.82, 2.24) is 4.90 Å². The van der Waals surface area contributed by atoms with Crippen LogP contribution in [0.5, 0.6) is 0 Å². The van der Waals surface area contributed by atoms with Crippen LogP contribution in [0.4, 0.5) is 0 Å². The summed E-state index contributed by atoms with van der Waals surface area (Å²) < 4.78 is 5.90. The average molecular weight is 268 g/mol. The van der Waals surface area contributed by atoms with Gasteiger partial charge in [-0.3, -0.25) is 4.90 Å². The fraction of sp³-hybridized carbons (Fsp3) is 1.00. The quantitative estimate of drug-likeness (QED) is 0.852. The van der Waals surface area contributed by atoms with Crippen molar-refractivity contribution in [3.8, 4) is 0 Å². The van der Waals surface area contributed by atoms with Crippen LogP contribution in [0.2, 0.25) is 0 Å². The maximum Gasteiger partial charge on any atom is 0.0568 e. The maximum atomic E-state index is 6.17. The molecule has 112 valence electrons. The highest BCUT2D eigenvalue weighted by atomic mass is 16.5. The highest BCUT2D eigenvalue weighted by Gasteiger charge is 2.41. The number of nitrogens with two attached hydrogens (primary N) is 1. The molecule has 1 aliphatic heterocycles. The Kier molecular flexibility index (Phi) is 5.27. The number of hydrogen-bond donors (Lipinski definition) is 1. The molecule has 2 aliphatic rings. The van der Waals surface area contributed by atoms with Crippen molar-refractivity contribution >= 4 is 0 Å². The number of rotatable bonds is 4. The van der Waals surface area contributed by atoms with E-state index in [0.717, 1.165) is 25.3 Å². The van der Waals surface area contributed by atoms with Gasteiger partial charge in [-0.05, 0) is 52.5 Å². The molecule has 2 fully saturated rings. The van der Waals surface area contributed by atoms with Gasteiger partial charge in [0.15, 0.2) is 0 Å². The van der Waals surface area contributed by atoms with Crippen molar-refractivity contribution in [3.05, 3.63) is 0 Å². The van der Waals surface area contributed by atoms with Crippen LogP contribution in [0, 0.1) is 5.92 Å². The third-order valence-electron chi connectivity index (χ3n) is 5.25. The second-order valence-electron chi connectivity index (χ2n) is 6.98. The largest absolute Gasteiger partial charge is 0.375 e. The van der Waals surface area contributed by atoms with E-state index in [0.29, 0.717) is 12.2 Å².